The second-order valence-electron chi connectivity index (χ2n) is 6.93. The van der Waals surface area contributed by atoms with E-state index in [0.717, 1.165) is 11.6 Å². The molecule has 0 bridgehead atoms. The van der Waals surface area contributed by atoms with E-state index in [4.69, 9.17) is 39.2 Å². The third kappa shape index (κ3) is 4.04. The van der Waals surface area contributed by atoms with Crippen LogP contribution in [0.1, 0.15) is 5.56 Å². The van der Waals surface area contributed by atoms with E-state index in [0.29, 0.717) is 5.56 Å². The summed E-state index contributed by atoms with van der Waals surface area (Å²) in [5, 5.41) is 9.88. The van der Waals surface area contributed by atoms with Crippen LogP contribution in [0, 0.1) is 6.92 Å². The first-order valence-corrected chi connectivity index (χ1v) is 11.7. The number of rotatable bonds is 4. The van der Waals surface area contributed by atoms with Crippen molar-refractivity contribution in [1.29, 1.82) is 0 Å². The minimum atomic E-state index is -4.29. The molecule has 2 N–H and O–H groups in total. The first-order chi connectivity index (χ1) is 15.1. The van der Waals surface area contributed by atoms with E-state index in [9.17, 15) is 18.3 Å². The Morgan fingerprint density at radius 1 is 1.00 bits per heavy atom. The van der Waals surface area contributed by atoms with E-state index in [-0.39, 0.29) is 48.1 Å². The van der Waals surface area contributed by atoms with Gasteiger partial charge in [-0.15, -0.1) is 0 Å². The van der Waals surface area contributed by atoms with Gasteiger partial charge in [0, 0.05) is 16.7 Å². The lowest BCUT2D eigenvalue weighted by Crippen LogP contribution is -2.14. The molecule has 10 heteroatoms. The lowest BCUT2D eigenvalue weighted by atomic mass is 10.1. The lowest BCUT2D eigenvalue weighted by Gasteiger charge is -2.14. The number of benzene rings is 3. The Labute approximate surface area is 198 Å². The second kappa shape index (κ2) is 8.33. The summed E-state index contributed by atoms with van der Waals surface area (Å²) in [4.78, 5) is 12.4. The number of fused-ring (bicyclic) bond motifs is 1. The van der Waals surface area contributed by atoms with Crippen LogP contribution in [-0.2, 0) is 10.0 Å². The SMILES string of the molecule is Cc1ccccc1-c1cc(=O)c2c(O)ccc(NS(=O)(=O)c3cc(Cl)cc(Cl)c3Cl)c2o1. The summed E-state index contributed by atoms with van der Waals surface area (Å²) in [7, 11) is -4.29. The zero-order chi connectivity index (χ0) is 23.2. The van der Waals surface area contributed by atoms with E-state index < -0.39 is 15.5 Å². The van der Waals surface area contributed by atoms with Gasteiger partial charge in [0.15, 0.2) is 11.0 Å². The maximum absolute atomic E-state index is 13.1. The van der Waals surface area contributed by atoms with Crippen molar-refractivity contribution >= 4 is 61.5 Å². The molecule has 4 aromatic rings. The van der Waals surface area contributed by atoms with Crippen LogP contribution in [0.5, 0.6) is 5.75 Å². The van der Waals surface area contributed by atoms with Crippen LogP contribution in [0.3, 0.4) is 0 Å². The molecule has 1 heterocycles. The first kappa shape index (κ1) is 22.5. The average molecular weight is 511 g/mol. The Balaban J connectivity index is 1.93. The van der Waals surface area contributed by atoms with Crippen molar-refractivity contribution < 1.29 is 17.9 Å². The van der Waals surface area contributed by atoms with Crippen LogP contribution >= 0.6 is 34.8 Å². The Morgan fingerprint density at radius 2 is 1.72 bits per heavy atom. The predicted octanol–water partition coefficient (Wildman–Crippen LogP) is 6.24. The van der Waals surface area contributed by atoms with Gasteiger partial charge in [-0.3, -0.25) is 9.52 Å². The minimum Gasteiger partial charge on any atom is -0.507 e. The van der Waals surface area contributed by atoms with E-state index in [1.165, 1.54) is 24.3 Å². The zero-order valence-corrected chi connectivity index (χ0v) is 19.4. The number of nitrogens with one attached hydrogen (secondary N) is 1. The fourth-order valence-corrected chi connectivity index (χ4v) is 5.45. The summed E-state index contributed by atoms with van der Waals surface area (Å²) in [6.07, 6.45) is 0. The smallest absolute Gasteiger partial charge is 0.263 e. The highest BCUT2D eigenvalue weighted by Gasteiger charge is 2.24. The summed E-state index contributed by atoms with van der Waals surface area (Å²) in [6, 6.07) is 13.4. The fraction of sp³-hybridized carbons (Fsp3) is 0.0455. The number of hydrogen-bond acceptors (Lipinski definition) is 5. The van der Waals surface area contributed by atoms with Crippen LogP contribution in [0.4, 0.5) is 5.69 Å². The maximum Gasteiger partial charge on any atom is 0.263 e. The standard InChI is InChI=1S/C22H14Cl3NO5S/c1-11-4-2-3-5-13(11)18-10-17(28)20-16(27)7-6-15(22(20)31-18)26-32(29,30)19-9-12(23)8-14(24)21(19)25/h2-10,26-27H,1H3. The van der Waals surface area contributed by atoms with Gasteiger partial charge in [-0.05, 0) is 36.8 Å². The van der Waals surface area contributed by atoms with Crippen LogP contribution in [0.2, 0.25) is 15.1 Å². The van der Waals surface area contributed by atoms with Crippen molar-refractivity contribution in [3.63, 3.8) is 0 Å². The van der Waals surface area contributed by atoms with Crippen molar-refractivity contribution in [2.45, 2.75) is 11.8 Å². The van der Waals surface area contributed by atoms with E-state index >= 15 is 0 Å². The van der Waals surface area contributed by atoms with Gasteiger partial charge < -0.3 is 9.52 Å². The lowest BCUT2D eigenvalue weighted by molar-refractivity contribution is 0.480. The van der Waals surface area contributed by atoms with Crippen molar-refractivity contribution in [3.05, 3.63) is 85.5 Å². The summed E-state index contributed by atoms with van der Waals surface area (Å²) >= 11 is 18.0. The Kier molecular flexibility index (Phi) is 5.85. The molecule has 0 saturated carbocycles. The fourth-order valence-electron chi connectivity index (χ4n) is 3.24. The summed E-state index contributed by atoms with van der Waals surface area (Å²) < 4.78 is 34.4. The quantitative estimate of drug-likeness (QED) is 0.250. The molecular weight excluding hydrogens is 497 g/mol. The predicted molar refractivity (Wildman–Crippen MR) is 127 cm³/mol. The van der Waals surface area contributed by atoms with Gasteiger partial charge >= 0.3 is 0 Å². The molecule has 4 rings (SSSR count). The topological polar surface area (TPSA) is 96.6 Å². The Morgan fingerprint density at radius 3 is 2.44 bits per heavy atom. The number of aromatic hydroxyl groups is 1. The number of phenols is 1. The molecule has 0 fully saturated rings. The zero-order valence-electron chi connectivity index (χ0n) is 16.3. The molecule has 1 aromatic heterocycles. The molecule has 0 spiro atoms. The molecule has 164 valence electrons. The van der Waals surface area contributed by atoms with Gasteiger partial charge in [0.2, 0.25) is 0 Å². The van der Waals surface area contributed by atoms with Crippen LogP contribution in [0.25, 0.3) is 22.3 Å². The van der Waals surface area contributed by atoms with Crippen molar-refractivity contribution in [3.8, 4) is 17.1 Å². The number of hydrogen-bond donors (Lipinski definition) is 2. The third-order valence-electron chi connectivity index (χ3n) is 4.76. The van der Waals surface area contributed by atoms with Crippen LogP contribution in [0.15, 0.2) is 68.7 Å². The molecule has 0 aliphatic carbocycles. The van der Waals surface area contributed by atoms with Crippen molar-refractivity contribution in [1.82, 2.24) is 0 Å². The van der Waals surface area contributed by atoms with E-state index in [2.05, 4.69) is 4.72 Å². The summed E-state index contributed by atoms with van der Waals surface area (Å²) in [6.45, 7) is 1.84. The summed E-state index contributed by atoms with van der Waals surface area (Å²) in [5.74, 6) is -0.132. The number of anilines is 1. The molecule has 0 unspecified atom stereocenters. The van der Waals surface area contributed by atoms with Gasteiger partial charge in [-0.1, -0.05) is 59.1 Å². The molecule has 0 aliphatic heterocycles. The number of sulfonamides is 1. The third-order valence-corrected chi connectivity index (χ3v) is 7.28. The van der Waals surface area contributed by atoms with Gasteiger partial charge in [0.05, 0.1) is 15.7 Å². The average Bonchev–Trinajstić information content (AvgIpc) is 2.72. The first-order valence-electron chi connectivity index (χ1n) is 9.11. The molecule has 3 aromatic carbocycles. The van der Waals surface area contributed by atoms with Crippen LogP contribution in [-0.4, -0.2) is 13.5 Å². The molecule has 6 nitrogen and oxygen atoms in total. The van der Waals surface area contributed by atoms with Crippen molar-refractivity contribution in [2.24, 2.45) is 0 Å². The second-order valence-corrected chi connectivity index (χ2v) is 9.80. The van der Waals surface area contributed by atoms with Crippen molar-refractivity contribution in [2.75, 3.05) is 4.72 Å². The number of halogens is 3. The molecule has 32 heavy (non-hydrogen) atoms. The maximum atomic E-state index is 13.1. The Bertz CT molecular complexity index is 1550. The highest BCUT2D eigenvalue weighted by atomic mass is 35.5. The molecule has 0 atom stereocenters. The monoisotopic (exact) mass is 509 g/mol. The van der Waals surface area contributed by atoms with Gasteiger partial charge in [0.25, 0.3) is 10.0 Å². The molecule has 0 amide bonds. The molecule has 0 aliphatic rings. The highest BCUT2D eigenvalue weighted by molar-refractivity contribution is 7.92. The van der Waals surface area contributed by atoms with Gasteiger partial charge in [0.1, 0.15) is 21.8 Å². The summed E-state index contributed by atoms with van der Waals surface area (Å²) in [5.41, 5.74) is 0.749. The molecule has 0 saturated heterocycles. The van der Waals surface area contributed by atoms with E-state index in [1.54, 1.807) is 12.1 Å². The molecule has 0 radical (unpaired) electrons. The van der Waals surface area contributed by atoms with Gasteiger partial charge in [-0.25, -0.2) is 8.42 Å². The number of phenolic OH excluding ortho intramolecular Hbond substituents is 1. The molecular formula is C22H14Cl3NO5S. The minimum absolute atomic E-state index is 0.0384. The van der Waals surface area contributed by atoms with Crippen LogP contribution < -0.4 is 10.2 Å². The normalized spacial score (nSPS) is 11.6. The Hall–Kier alpha value is -2.71. The number of aryl methyl sites for hydroxylation is 1. The van der Waals surface area contributed by atoms with Gasteiger partial charge in [-0.2, -0.15) is 0 Å². The highest BCUT2D eigenvalue weighted by Crippen LogP contribution is 2.37. The van der Waals surface area contributed by atoms with E-state index in [1.807, 2.05) is 19.1 Å². The largest absolute Gasteiger partial charge is 0.507 e.